The molecule has 3 heterocycles. The maximum Gasteiger partial charge on any atom is 0.309 e. The Labute approximate surface area is 241 Å². The minimum atomic E-state index is -0.880. The predicted molar refractivity (Wildman–Crippen MR) is 150 cm³/mol. The van der Waals surface area contributed by atoms with Crippen LogP contribution in [-0.4, -0.2) is 47.9 Å². The van der Waals surface area contributed by atoms with Crippen molar-refractivity contribution >= 4 is 35.0 Å². The summed E-state index contributed by atoms with van der Waals surface area (Å²) < 4.78 is 34.0. The third-order valence-electron chi connectivity index (χ3n) is 7.47. The number of nitrogens with zero attached hydrogens (tertiary/aromatic N) is 2. The van der Waals surface area contributed by atoms with Crippen LogP contribution in [-0.2, 0) is 20.7 Å². The number of aromatic nitrogens is 1. The summed E-state index contributed by atoms with van der Waals surface area (Å²) in [5.74, 6) is -2.66. The summed E-state index contributed by atoms with van der Waals surface area (Å²) in [5, 5.41) is 2.75. The molecule has 2 aromatic carbocycles. The number of hydrogen-bond donors (Lipinski definition) is 1. The maximum atomic E-state index is 14.7. The molecule has 0 fully saturated rings. The lowest BCUT2D eigenvalue weighted by atomic mass is 9.92. The molecule has 1 N–H and O–H groups in total. The molecule has 2 bridgehead atoms. The Morgan fingerprint density at radius 3 is 2.73 bits per heavy atom. The predicted octanol–water partition coefficient (Wildman–Crippen LogP) is 5.67. The van der Waals surface area contributed by atoms with Crippen LogP contribution in [0.15, 0.2) is 54.7 Å². The van der Waals surface area contributed by atoms with Gasteiger partial charge in [-0.25, -0.2) is 8.78 Å². The van der Waals surface area contributed by atoms with Crippen molar-refractivity contribution < 1.29 is 27.9 Å². The monoisotopic (exact) mass is 579 g/mol. The van der Waals surface area contributed by atoms with E-state index >= 15 is 0 Å². The van der Waals surface area contributed by atoms with Crippen molar-refractivity contribution in [3.63, 3.8) is 0 Å². The number of benzene rings is 2. The molecule has 0 spiro atoms. The fourth-order valence-corrected chi connectivity index (χ4v) is 5.54. The number of pyridine rings is 1. The number of halogens is 3. The average Bonchev–Trinajstić information content (AvgIpc) is 2.97. The van der Waals surface area contributed by atoms with Crippen LogP contribution < -0.4 is 5.32 Å². The maximum absolute atomic E-state index is 14.7. The molecule has 1 aromatic heterocycles. The Kier molecular flexibility index (Phi) is 8.44. The number of ether oxygens (including phenoxy) is 1. The van der Waals surface area contributed by atoms with Gasteiger partial charge in [0.2, 0.25) is 5.91 Å². The minimum Gasteiger partial charge on any atom is -0.469 e. The highest BCUT2D eigenvalue weighted by Gasteiger charge is 2.31. The number of nitrogens with one attached hydrogen (secondary N) is 1. The second-order valence-electron chi connectivity index (χ2n) is 10.0. The third-order valence-corrected chi connectivity index (χ3v) is 7.76. The first-order valence-electron chi connectivity index (χ1n) is 13.4. The van der Waals surface area contributed by atoms with E-state index in [4.69, 9.17) is 16.3 Å². The van der Waals surface area contributed by atoms with E-state index in [9.17, 15) is 23.2 Å². The number of hydrogen-bond acceptors (Lipinski definition) is 5. The van der Waals surface area contributed by atoms with Gasteiger partial charge in [-0.15, -0.1) is 0 Å². The Balaban J connectivity index is 1.51. The van der Waals surface area contributed by atoms with Gasteiger partial charge in [0.05, 0.1) is 35.9 Å². The first-order valence-corrected chi connectivity index (χ1v) is 13.7. The van der Waals surface area contributed by atoms with Gasteiger partial charge in [0.25, 0.3) is 5.91 Å². The largest absolute Gasteiger partial charge is 0.469 e. The quantitative estimate of drug-likeness (QED) is 0.318. The number of carbonyl (C=O) groups excluding carboxylic acids is 3. The van der Waals surface area contributed by atoms with Gasteiger partial charge < -0.3 is 15.0 Å². The van der Waals surface area contributed by atoms with Crippen molar-refractivity contribution in [3.05, 3.63) is 93.8 Å². The molecule has 5 rings (SSSR count). The van der Waals surface area contributed by atoms with Crippen molar-refractivity contribution in [1.29, 1.82) is 0 Å². The Morgan fingerprint density at radius 2 is 1.95 bits per heavy atom. The van der Waals surface area contributed by atoms with Gasteiger partial charge in [0.1, 0.15) is 5.82 Å². The van der Waals surface area contributed by atoms with Gasteiger partial charge in [0, 0.05) is 30.9 Å². The van der Waals surface area contributed by atoms with E-state index < -0.39 is 17.6 Å². The molecular formula is C31H28ClF2N3O4. The zero-order valence-corrected chi connectivity index (χ0v) is 23.1. The molecule has 212 valence electrons. The Morgan fingerprint density at radius 1 is 1.12 bits per heavy atom. The van der Waals surface area contributed by atoms with Gasteiger partial charge in [0.15, 0.2) is 5.82 Å². The summed E-state index contributed by atoms with van der Waals surface area (Å²) in [5.41, 5.74) is 3.11. The van der Waals surface area contributed by atoms with Crippen LogP contribution in [0.2, 0.25) is 5.02 Å². The summed E-state index contributed by atoms with van der Waals surface area (Å²) in [7, 11) is 1.31. The van der Waals surface area contributed by atoms with E-state index in [1.807, 2.05) is 6.07 Å². The summed E-state index contributed by atoms with van der Waals surface area (Å²) in [4.78, 5) is 44.6. The highest BCUT2D eigenvalue weighted by Crippen LogP contribution is 2.36. The van der Waals surface area contributed by atoms with Crippen molar-refractivity contribution in [2.24, 2.45) is 0 Å². The third kappa shape index (κ3) is 6.00. The number of methoxy groups -OCH3 is 1. The molecule has 7 nitrogen and oxygen atoms in total. The molecule has 1 atom stereocenters. The van der Waals surface area contributed by atoms with Crippen LogP contribution in [0.3, 0.4) is 0 Å². The molecule has 0 saturated heterocycles. The van der Waals surface area contributed by atoms with E-state index in [2.05, 4.69) is 10.3 Å². The lowest BCUT2D eigenvalue weighted by molar-refractivity contribution is -0.139. The fourth-order valence-electron chi connectivity index (χ4n) is 5.38. The molecule has 0 saturated carbocycles. The molecule has 41 heavy (non-hydrogen) atoms. The van der Waals surface area contributed by atoms with E-state index in [1.165, 1.54) is 13.2 Å². The Bertz CT molecular complexity index is 1560. The van der Waals surface area contributed by atoms with Crippen LogP contribution in [0.4, 0.5) is 8.78 Å². The van der Waals surface area contributed by atoms with Crippen molar-refractivity contribution in [2.45, 2.75) is 38.1 Å². The molecule has 3 aromatic rings. The number of rotatable bonds is 4. The molecule has 0 unspecified atom stereocenters. The number of esters is 1. The van der Waals surface area contributed by atoms with Crippen molar-refractivity contribution in [2.75, 3.05) is 20.2 Å². The molecule has 2 aliphatic rings. The minimum absolute atomic E-state index is 0.0380. The lowest BCUT2D eigenvalue weighted by Crippen LogP contribution is -2.38. The fraction of sp³-hybridized carbons (Fsp3) is 0.290. The average molecular weight is 580 g/mol. The van der Waals surface area contributed by atoms with Gasteiger partial charge in [-0.2, -0.15) is 0 Å². The van der Waals surface area contributed by atoms with Crippen LogP contribution >= 0.6 is 11.6 Å². The number of amides is 2. The van der Waals surface area contributed by atoms with Gasteiger partial charge in [-0.05, 0) is 78.3 Å². The highest BCUT2D eigenvalue weighted by molar-refractivity contribution is 6.31. The van der Waals surface area contributed by atoms with Crippen LogP contribution in [0.1, 0.15) is 58.9 Å². The van der Waals surface area contributed by atoms with Crippen molar-refractivity contribution in [1.82, 2.24) is 15.2 Å². The standard InChI is InChI=1S/C31H28ClF2N3O4/c1-41-28(39)15-18-5-6-21-19-9-12-35-25(16-19)26(4-2-3-11-36-31(40)22(21)14-18)37-13-10-20(17-27(37)38)29-24(33)8-7-23(32)30(29)34/h5-9,12,14,16-17,26H,2-4,10-11,13,15H2,1H3,(H,36,40)/t26-/m0/s1. The van der Waals surface area contributed by atoms with E-state index in [0.717, 1.165) is 17.7 Å². The molecular weight excluding hydrogens is 552 g/mol. The van der Waals surface area contributed by atoms with E-state index in [-0.39, 0.29) is 53.4 Å². The van der Waals surface area contributed by atoms with Gasteiger partial charge in [-0.3, -0.25) is 19.4 Å². The summed E-state index contributed by atoms with van der Waals surface area (Å²) >= 11 is 5.88. The molecule has 0 radical (unpaired) electrons. The zero-order valence-electron chi connectivity index (χ0n) is 22.4. The smallest absolute Gasteiger partial charge is 0.309 e. The zero-order chi connectivity index (χ0) is 29.1. The number of fused-ring (bicyclic) bond motifs is 4. The van der Waals surface area contributed by atoms with Gasteiger partial charge >= 0.3 is 5.97 Å². The summed E-state index contributed by atoms with van der Waals surface area (Å²) in [6.07, 6.45) is 5.16. The molecule has 10 heteroatoms. The highest BCUT2D eigenvalue weighted by atomic mass is 35.5. The second kappa shape index (κ2) is 12.2. The summed E-state index contributed by atoms with van der Waals surface area (Å²) in [6, 6.07) is 10.8. The lowest BCUT2D eigenvalue weighted by Gasteiger charge is -2.34. The topological polar surface area (TPSA) is 88.6 Å². The number of carbonyl (C=O) groups is 3. The second-order valence-corrected chi connectivity index (χ2v) is 10.4. The van der Waals surface area contributed by atoms with Crippen LogP contribution in [0, 0.1) is 11.6 Å². The SMILES string of the molecule is COC(=O)Cc1ccc2c(c1)C(=O)NCCCC[C@H](N1CCC(c3c(F)ccc(Cl)c3F)=CC1=O)c1cc-2ccn1. The van der Waals surface area contributed by atoms with Crippen LogP contribution in [0.5, 0.6) is 0 Å². The first kappa shape index (κ1) is 28.4. The van der Waals surface area contributed by atoms with Crippen LogP contribution in [0.25, 0.3) is 16.7 Å². The van der Waals surface area contributed by atoms with Crippen molar-refractivity contribution in [3.8, 4) is 11.1 Å². The molecule has 0 aliphatic carbocycles. The van der Waals surface area contributed by atoms with E-state index in [0.29, 0.717) is 48.2 Å². The molecule has 2 aliphatic heterocycles. The molecule has 2 amide bonds. The van der Waals surface area contributed by atoms with Gasteiger partial charge in [-0.1, -0.05) is 23.7 Å². The Hall–Kier alpha value is -4.11. The normalized spacial score (nSPS) is 17.5. The first-order chi connectivity index (χ1) is 19.8. The van der Waals surface area contributed by atoms with E-state index in [1.54, 1.807) is 35.4 Å². The summed E-state index contributed by atoms with van der Waals surface area (Å²) in [6.45, 7) is 0.676.